The smallest absolute Gasteiger partial charge is 0.339 e. The molecule has 0 bridgehead atoms. The van der Waals surface area contributed by atoms with Crippen LogP contribution in [0.3, 0.4) is 0 Å². The molecule has 10 heteroatoms. The van der Waals surface area contributed by atoms with E-state index in [2.05, 4.69) is 10.3 Å². The van der Waals surface area contributed by atoms with E-state index in [0.717, 1.165) is 0 Å². The van der Waals surface area contributed by atoms with Gasteiger partial charge in [-0.25, -0.2) is 23.3 Å². The number of fused-ring (bicyclic) bond motifs is 1. The number of benzene rings is 3. The Morgan fingerprint density at radius 3 is 2.38 bits per heavy atom. The summed E-state index contributed by atoms with van der Waals surface area (Å²) >= 11 is 0. The van der Waals surface area contributed by atoms with Gasteiger partial charge < -0.3 is 14.5 Å². The van der Waals surface area contributed by atoms with Crippen LogP contribution in [0.15, 0.2) is 82.1 Å². The Morgan fingerprint density at radius 2 is 1.71 bits per heavy atom. The van der Waals surface area contributed by atoms with E-state index in [1.54, 1.807) is 43.3 Å². The van der Waals surface area contributed by atoms with Crippen molar-refractivity contribution >= 4 is 38.7 Å². The van der Waals surface area contributed by atoms with Crippen molar-refractivity contribution in [3.63, 3.8) is 0 Å². The summed E-state index contributed by atoms with van der Waals surface area (Å²) in [6.07, 6.45) is -0.861. The molecule has 0 saturated heterocycles. The molecule has 9 nitrogen and oxygen atoms in total. The topological polar surface area (TPSA) is 142 Å². The average molecular weight is 480 g/mol. The lowest BCUT2D eigenvalue weighted by Gasteiger charge is -2.17. The van der Waals surface area contributed by atoms with Crippen molar-refractivity contribution in [3.05, 3.63) is 78.4 Å². The highest BCUT2D eigenvalue weighted by atomic mass is 32.2. The van der Waals surface area contributed by atoms with E-state index in [1.807, 2.05) is 12.1 Å². The second-order valence-electron chi connectivity index (χ2n) is 7.39. The monoisotopic (exact) mass is 479 g/mol. The van der Waals surface area contributed by atoms with Crippen LogP contribution < -0.4 is 10.5 Å². The number of anilines is 1. The van der Waals surface area contributed by atoms with Crippen molar-refractivity contribution in [2.45, 2.75) is 24.3 Å². The Morgan fingerprint density at radius 1 is 1.03 bits per heavy atom. The number of sulfonamides is 1. The maximum absolute atomic E-state index is 13.0. The number of rotatable bonds is 7. The predicted octanol–water partition coefficient (Wildman–Crippen LogP) is 3.72. The Bertz CT molecular complexity index is 1430. The fraction of sp³-hybridized carbons (Fsp3) is 0.125. The number of nitrogens with one attached hydrogen (secondary N) is 1. The average Bonchev–Trinajstić information content (AvgIpc) is 3.26. The van der Waals surface area contributed by atoms with Gasteiger partial charge in [0.25, 0.3) is 5.91 Å². The van der Waals surface area contributed by atoms with Gasteiger partial charge in [-0.3, -0.25) is 4.79 Å². The number of amides is 1. The maximum Gasteiger partial charge on any atom is 0.339 e. The van der Waals surface area contributed by atoms with Crippen molar-refractivity contribution < 1.29 is 27.2 Å². The molecule has 1 atom stereocenters. The Labute approximate surface area is 195 Å². The molecule has 0 spiro atoms. The lowest BCUT2D eigenvalue weighted by Crippen LogP contribution is -2.32. The van der Waals surface area contributed by atoms with Crippen molar-refractivity contribution in [1.82, 2.24) is 4.98 Å². The highest BCUT2D eigenvalue weighted by Gasteiger charge is 2.25. The number of esters is 1. The number of oxazole rings is 1. The van der Waals surface area contributed by atoms with Crippen molar-refractivity contribution in [2.75, 3.05) is 5.32 Å². The molecule has 1 amide bonds. The number of para-hydroxylation sites is 2. The third kappa shape index (κ3) is 4.98. The molecule has 1 aromatic heterocycles. The maximum atomic E-state index is 13.0. The van der Waals surface area contributed by atoms with Gasteiger partial charge in [-0.2, -0.15) is 0 Å². The molecule has 4 aromatic rings. The summed E-state index contributed by atoms with van der Waals surface area (Å²) < 4.78 is 34.0. The van der Waals surface area contributed by atoms with Crippen LogP contribution in [0.2, 0.25) is 0 Å². The van der Waals surface area contributed by atoms with E-state index in [4.69, 9.17) is 14.3 Å². The highest BCUT2D eigenvalue weighted by Crippen LogP contribution is 2.28. The first kappa shape index (κ1) is 23.1. The van der Waals surface area contributed by atoms with E-state index >= 15 is 0 Å². The number of carbonyl (C=O) groups excluding carboxylic acids is 2. The summed E-state index contributed by atoms with van der Waals surface area (Å²) in [5.41, 5.74) is 2.22. The first-order valence-electron chi connectivity index (χ1n) is 10.4. The second kappa shape index (κ2) is 9.46. The number of nitrogens with two attached hydrogens (primary N) is 1. The van der Waals surface area contributed by atoms with Gasteiger partial charge in [0.2, 0.25) is 15.9 Å². The summed E-state index contributed by atoms with van der Waals surface area (Å²) in [5.74, 6) is -0.996. The van der Waals surface area contributed by atoms with Gasteiger partial charge in [0.1, 0.15) is 5.52 Å². The molecular formula is C24H21N3O6S. The third-order valence-electron chi connectivity index (χ3n) is 5.03. The van der Waals surface area contributed by atoms with Gasteiger partial charge >= 0.3 is 5.97 Å². The number of aromatic nitrogens is 1. The molecule has 1 heterocycles. The van der Waals surface area contributed by atoms with E-state index in [0.29, 0.717) is 22.4 Å². The van der Waals surface area contributed by atoms with Crippen LogP contribution >= 0.6 is 0 Å². The summed E-state index contributed by atoms with van der Waals surface area (Å²) in [6.45, 7) is 1.70. The predicted molar refractivity (Wildman–Crippen MR) is 125 cm³/mol. The van der Waals surface area contributed by atoms with Crippen LogP contribution in [0, 0.1) is 0 Å². The fourth-order valence-corrected chi connectivity index (χ4v) is 3.82. The molecule has 174 valence electrons. The van der Waals surface area contributed by atoms with E-state index in [9.17, 15) is 18.0 Å². The number of hydrogen-bond donors (Lipinski definition) is 2. The minimum Gasteiger partial charge on any atom is -0.449 e. The quantitative estimate of drug-likeness (QED) is 0.385. The molecule has 0 aliphatic carbocycles. The van der Waals surface area contributed by atoms with E-state index in [1.165, 1.54) is 24.3 Å². The Kier molecular flexibility index (Phi) is 6.44. The van der Waals surface area contributed by atoms with Crippen molar-refractivity contribution in [2.24, 2.45) is 5.14 Å². The van der Waals surface area contributed by atoms with Crippen LogP contribution in [-0.2, 0) is 19.6 Å². The Hall–Kier alpha value is -4.02. The zero-order valence-corrected chi connectivity index (χ0v) is 18.9. The number of carbonyl (C=O) groups is 2. The molecule has 4 rings (SSSR count). The van der Waals surface area contributed by atoms with Gasteiger partial charge in [-0.1, -0.05) is 31.2 Å². The molecule has 0 saturated carbocycles. The van der Waals surface area contributed by atoms with Gasteiger partial charge in [-0.05, 0) is 55.0 Å². The molecule has 34 heavy (non-hydrogen) atoms. The molecule has 3 aromatic carbocycles. The number of hydrogen-bond acceptors (Lipinski definition) is 7. The molecular weight excluding hydrogens is 458 g/mol. The van der Waals surface area contributed by atoms with Crippen LogP contribution in [0.5, 0.6) is 0 Å². The summed E-state index contributed by atoms with van der Waals surface area (Å²) in [4.78, 5) is 30.0. The lowest BCUT2D eigenvalue weighted by molar-refractivity contribution is -0.124. The van der Waals surface area contributed by atoms with Gasteiger partial charge in [-0.15, -0.1) is 0 Å². The molecule has 0 fully saturated rings. The zero-order chi connectivity index (χ0) is 24.3. The molecule has 0 radical (unpaired) electrons. The minimum atomic E-state index is -3.85. The Balaban J connectivity index is 1.52. The number of primary sulfonamides is 1. The van der Waals surface area contributed by atoms with Gasteiger partial charge in [0.05, 0.1) is 16.0 Å². The molecule has 3 N–H and O–H groups in total. The molecule has 1 unspecified atom stereocenters. The lowest BCUT2D eigenvalue weighted by atomic mass is 10.1. The number of nitrogens with zero attached hydrogens (tertiary/aromatic N) is 1. The zero-order valence-electron chi connectivity index (χ0n) is 18.1. The standard InChI is InChI=1S/C24H21N3O6S/c1-2-20(22(28)26-15-11-13-16(14-12-15)34(25,30)31)33-24(29)18-8-4-3-7-17(18)23-27-19-9-5-6-10-21(19)32-23/h3-14,20H,2H2,1H3,(H,26,28)(H2,25,30,31). The summed E-state index contributed by atoms with van der Waals surface area (Å²) in [6, 6.07) is 19.3. The van der Waals surface area contributed by atoms with Crippen LogP contribution in [0.25, 0.3) is 22.6 Å². The first-order valence-corrected chi connectivity index (χ1v) is 11.9. The van der Waals surface area contributed by atoms with Gasteiger partial charge in [0, 0.05) is 5.69 Å². The number of ether oxygens (including phenoxy) is 1. The van der Waals surface area contributed by atoms with E-state index < -0.39 is 28.0 Å². The fourth-order valence-electron chi connectivity index (χ4n) is 3.30. The highest BCUT2D eigenvalue weighted by molar-refractivity contribution is 7.89. The normalized spacial score (nSPS) is 12.3. The van der Waals surface area contributed by atoms with Crippen molar-refractivity contribution in [1.29, 1.82) is 0 Å². The second-order valence-corrected chi connectivity index (χ2v) is 8.95. The summed E-state index contributed by atoms with van der Waals surface area (Å²) in [7, 11) is -3.85. The third-order valence-corrected chi connectivity index (χ3v) is 5.96. The summed E-state index contributed by atoms with van der Waals surface area (Å²) in [5, 5.41) is 7.69. The van der Waals surface area contributed by atoms with Crippen LogP contribution in [0.4, 0.5) is 5.69 Å². The van der Waals surface area contributed by atoms with Gasteiger partial charge in [0.15, 0.2) is 11.7 Å². The van der Waals surface area contributed by atoms with Crippen LogP contribution in [-0.4, -0.2) is 31.4 Å². The van der Waals surface area contributed by atoms with E-state index in [-0.39, 0.29) is 22.8 Å². The molecule has 0 aliphatic heterocycles. The minimum absolute atomic E-state index is 0.0835. The van der Waals surface area contributed by atoms with Crippen molar-refractivity contribution in [3.8, 4) is 11.5 Å². The first-order chi connectivity index (χ1) is 16.3. The van der Waals surface area contributed by atoms with Crippen LogP contribution in [0.1, 0.15) is 23.7 Å². The SMILES string of the molecule is CCC(OC(=O)c1ccccc1-c1nc2ccccc2o1)C(=O)Nc1ccc(S(N)(=O)=O)cc1. The largest absolute Gasteiger partial charge is 0.449 e. The molecule has 0 aliphatic rings.